The minimum atomic E-state index is -1.10. The molecule has 0 aromatic carbocycles. The first-order chi connectivity index (χ1) is 4.66. The largest absolute Gasteiger partial charge is 0.394 e. The summed E-state index contributed by atoms with van der Waals surface area (Å²) in [6, 6.07) is 0. The molecule has 10 heavy (non-hydrogen) atoms. The van der Waals surface area contributed by atoms with Gasteiger partial charge in [-0.3, -0.25) is 0 Å². The molecular formula is C5H9ClO4. The number of alkyl halides is 1. The van der Waals surface area contributed by atoms with Gasteiger partial charge in [-0.15, -0.1) is 0 Å². The van der Waals surface area contributed by atoms with Crippen LogP contribution >= 0.6 is 11.6 Å². The molecule has 0 aromatic heterocycles. The smallest absolute Gasteiger partial charge is 0.160 e. The predicted octanol–water partition coefficient (Wildman–Crippen LogP) is -1.34. The molecule has 0 bridgehead atoms. The summed E-state index contributed by atoms with van der Waals surface area (Å²) < 4.78 is 4.75. The van der Waals surface area contributed by atoms with Gasteiger partial charge >= 0.3 is 0 Å². The number of halogens is 1. The second-order valence-electron chi connectivity index (χ2n) is 2.19. The van der Waals surface area contributed by atoms with Crippen molar-refractivity contribution in [2.24, 2.45) is 0 Å². The fourth-order valence-electron chi connectivity index (χ4n) is 0.854. The van der Waals surface area contributed by atoms with Crippen LogP contribution in [0.2, 0.25) is 0 Å². The summed E-state index contributed by atoms with van der Waals surface area (Å²) in [6.45, 7) is -0.332. The summed E-state index contributed by atoms with van der Waals surface area (Å²) in [4.78, 5) is 0. The van der Waals surface area contributed by atoms with E-state index in [2.05, 4.69) is 0 Å². The van der Waals surface area contributed by atoms with Gasteiger partial charge in [-0.25, -0.2) is 0 Å². The standard InChI is InChI=1S/C5H9ClO4/c6-5-4(9)3(8)2(1-7)10-5/h2-5,7-9H,1H2/t2-,3+,4-,5?/m1/s1. The maximum Gasteiger partial charge on any atom is 0.160 e. The molecule has 4 nitrogen and oxygen atoms in total. The average Bonchev–Trinajstić information content (AvgIpc) is 2.17. The summed E-state index contributed by atoms with van der Waals surface area (Å²) in [7, 11) is 0. The van der Waals surface area contributed by atoms with Gasteiger partial charge in [-0.2, -0.15) is 0 Å². The predicted molar refractivity (Wildman–Crippen MR) is 33.6 cm³/mol. The molecule has 1 aliphatic rings. The van der Waals surface area contributed by atoms with Crippen LogP contribution in [0.15, 0.2) is 0 Å². The van der Waals surface area contributed by atoms with Crippen molar-refractivity contribution in [3.8, 4) is 0 Å². The lowest BCUT2D eigenvalue weighted by molar-refractivity contribution is -0.00869. The Kier molecular flexibility index (Phi) is 2.49. The third-order valence-corrected chi connectivity index (χ3v) is 1.85. The first-order valence-corrected chi connectivity index (χ1v) is 3.37. The van der Waals surface area contributed by atoms with E-state index in [1.54, 1.807) is 0 Å². The zero-order valence-electron chi connectivity index (χ0n) is 5.14. The van der Waals surface area contributed by atoms with Crippen LogP contribution in [0.5, 0.6) is 0 Å². The fraction of sp³-hybridized carbons (Fsp3) is 1.00. The van der Waals surface area contributed by atoms with Crippen LogP contribution in [0, 0.1) is 0 Å². The molecule has 1 fully saturated rings. The maximum absolute atomic E-state index is 9.01. The fourth-order valence-corrected chi connectivity index (χ4v) is 1.14. The molecule has 0 aliphatic carbocycles. The molecule has 5 heteroatoms. The van der Waals surface area contributed by atoms with Gasteiger partial charge in [-0.05, 0) is 0 Å². The van der Waals surface area contributed by atoms with Crippen LogP contribution in [0.4, 0.5) is 0 Å². The Balaban J connectivity index is 2.53. The molecule has 0 saturated carbocycles. The minimum absolute atomic E-state index is 0.332. The van der Waals surface area contributed by atoms with Crippen molar-refractivity contribution < 1.29 is 20.1 Å². The highest BCUT2D eigenvalue weighted by Gasteiger charge is 2.40. The molecule has 0 radical (unpaired) electrons. The van der Waals surface area contributed by atoms with E-state index in [1.807, 2.05) is 0 Å². The van der Waals surface area contributed by atoms with Crippen LogP contribution in [0.3, 0.4) is 0 Å². The van der Waals surface area contributed by atoms with Crippen molar-refractivity contribution in [3.63, 3.8) is 0 Å². The van der Waals surface area contributed by atoms with E-state index in [4.69, 9.17) is 31.7 Å². The Morgan fingerprint density at radius 3 is 2.10 bits per heavy atom. The molecule has 4 atom stereocenters. The quantitative estimate of drug-likeness (QED) is 0.424. The van der Waals surface area contributed by atoms with Gasteiger partial charge in [0.25, 0.3) is 0 Å². The highest BCUT2D eigenvalue weighted by atomic mass is 35.5. The number of hydrogen-bond acceptors (Lipinski definition) is 4. The second kappa shape index (κ2) is 3.02. The van der Waals surface area contributed by atoms with Gasteiger partial charge < -0.3 is 20.1 Å². The molecule has 1 saturated heterocycles. The lowest BCUT2D eigenvalue weighted by Crippen LogP contribution is -2.32. The second-order valence-corrected chi connectivity index (χ2v) is 2.62. The number of aliphatic hydroxyl groups is 3. The average molecular weight is 169 g/mol. The monoisotopic (exact) mass is 168 g/mol. The van der Waals surface area contributed by atoms with Crippen LogP contribution in [-0.4, -0.2) is 45.8 Å². The van der Waals surface area contributed by atoms with Gasteiger partial charge in [0.2, 0.25) is 0 Å². The van der Waals surface area contributed by atoms with E-state index < -0.39 is 23.9 Å². The Morgan fingerprint density at radius 1 is 1.30 bits per heavy atom. The molecule has 1 heterocycles. The molecule has 1 aliphatic heterocycles. The molecule has 1 rings (SSSR count). The topological polar surface area (TPSA) is 69.9 Å². The van der Waals surface area contributed by atoms with Gasteiger partial charge in [0.1, 0.15) is 18.3 Å². The molecule has 1 unspecified atom stereocenters. The van der Waals surface area contributed by atoms with Crippen molar-refractivity contribution in [2.75, 3.05) is 6.61 Å². The van der Waals surface area contributed by atoms with Crippen molar-refractivity contribution in [3.05, 3.63) is 0 Å². The molecule has 0 aromatic rings. The van der Waals surface area contributed by atoms with Gasteiger partial charge in [0, 0.05) is 0 Å². The van der Waals surface area contributed by atoms with Crippen LogP contribution in [0.25, 0.3) is 0 Å². The van der Waals surface area contributed by atoms with E-state index in [9.17, 15) is 0 Å². The van der Waals surface area contributed by atoms with Crippen LogP contribution in [0.1, 0.15) is 0 Å². The summed E-state index contributed by atoms with van der Waals surface area (Å²) in [6.07, 6.45) is -2.93. The Bertz CT molecular complexity index is 120. The number of aliphatic hydroxyl groups excluding tert-OH is 3. The van der Waals surface area contributed by atoms with E-state index in [0.29, 0.717) is 0 Å². The highest BCUT2D eigenvalue weighted by molar-refractivity contribution is 6.20. The summed E-state index contributed by atoms with van der Waals surface area (Å²) in [5.74, 6) is 0. The lowest BCUT2D eigenvalue weighted by Gasteiger charge is -2.09. The number of rotatable bonds is 1. The first kappa shape index (κ1) is 8.23. The van der Waals surface area contributed by atoms with E-state index in [1.165, 1.54) is 0 Å². The highest BCUT2D eigenvalue weighted by Crippen LogP contribution is 2.23. The van der Waals surface area contributed by atoms with Crippen LogP contribution < -0.4 is 0 Å². The van der Waals surface area contributed by atoms with Gasteiger partial charge in [0.15, 0.2) is 5.56 Å². The Labute approximate surface area is 63.0 Å². The van der Waals surface area contributed by atoms with Crippen molar-refractivity contribution in [1.82, 2.24) is 0 Å². The van der Waals surface area contributed by atoms with E-state index in [0.717, 1.165) is 0 Å². The molecule has 0 amide bonds. The minimum Gasteiger partial charge on any atom is -0.394 e. The van der Waals surface area contributed by atoms with Gasteiger partial charge in [0.05, 0.1) is 6.61 Å². The zero-order chi connectivity index (χ0) is 7.72. The van der Waals surface area contributed by atoms with Crippen molar-refractivity contribution in [1.29, 1.82) is 0 Å². The Morgan fingerprint density at radius 2 is 1.90 bits per heavy atom. The lowest BCUT2D eigenvalue weighted by atomic mass is 10.2. The van der Waals surface area contributed by atoms with Crippen molar-refractivity contribution >= 4 is 11.6 Å². The first-order valence-electron chi connectivity index (χ1n) is 2.93. The third-order valence-electron chi connectivity index (χ3n) is 1.48. The van der Waals surface area contributed by atoms with Crippen molar-refractivity contribution in [2.45, 2.75) is 23.9 Å². The van der Waals surface area contributed by atoms with Gasteiger partial charge in [-0.1, -0.05) is 11.6 Å². The zero-order valence-corrected chi connectivity index (χ0v) is 5.90. The summed E-state index contributed by atoms with van der Waals surface area (Å²) in [5, 5.41) is 26.5. The molecule has 60 valence electrons. The number of hydrogen-bond donors (Lipinski definition) is 3. The van der Waals surface area contributed by atoms with Crippen LogP contribution in [-0.2, 0) is 4.74 Å². The maximum atomic E-state index is 9.01. The van der Waals surface area contributed by atoms with E-state index in [-0.39, 0.29) is 6.61 Å². The molecule has 3 N–H and O–H groups in total. The summed E-state index contributed by atoms with van der Waals surface area (Å²) in [5.41, 5.74) is -0.910. The Hall–Kier alpha value is 0.130. The normalized spacial score (nSPS) is 48.0. The molecule has 0 spiro atoms. The molecular weight excluding hydrogens is 160 g/mol. The SMILES string of the molecule is OC[C@H]1OC(Cl)[C@H](O)[C@H]1O. The summed E-state index contributed by atoms with van der Waals surface area (Å²) >= 11 is 5.39. The van der Waals surface area contributed by atoms with E-state index >= 15 is 0 Å². The third kappa shape index (κ3) is 1.26. The number of ether oxygens (including phenoxy) is 1.